The molecule has 1 heterocycles. The summed E-state index contributed by atoms with van der Waals surface area (Å²) in [5.41, 5.74) is 2.17. The minimum atomic E-state index is -0.229. The van der Waals surface area contributed by atoms with Crippen molar-refractivity contribution < 1.29 is 9.59 Å². The smallest absolute Gasteiger partial charge is 0.241 e. The number of benzene rings is 2. The van der Waals surface area contributed by atoms with Gasteiger partial charge in [-0.3, -0.25) is 14.5 Å². The number of hydrogen-bond donors (Lipinski definition) is 0. The first kappa shape index (κ1) is 15.2. The van der Waals surface area contributed by atoms with Gasteiger partial charge in [-0.25, -0.2) is 0 Å². The molecule has 4 nitrogen and oxygen atoms in total. The zero-order valence-electron chi connectivity index (χ0n) is 13.1. The molecular weight excluding hydrogens is 324 g/mol. The highest BCUT2D eigenvalue weighted by Crippen LogP contribution is 2.41. The molecule has 2 aromatic rings. The maximum Gasteiger partial charge on any atom is 0.241 e. The Bertz CT molecular complexity index is 802. The van der Waals surface area contributed by atoms with Gasteiger partial charge >= 0.3 is 0 Å². The fraction of sp³-hybridized carbons (Fsp3) is 0.263. The number of amides is 2. The van der Waals surface area contributed by atoms with Crippen LogP contribution in [-0.4, -0.2) is 18.4 Å². The summed E-state index contributed by atoms with van der Waals surface area (Å²) < 4.78 is 0. The summed E-state index contributed by atoms with van der Waals surface area (Å²) in [6, 6.07) is 14.8. The molecular formula is C19H17ClN2O2. The van der Waals surface area contributed by atoms with Crippen molar-refractivity contribution in [2.75, 3.05) is 16.3 Å². The number of carbonyl (C=O) groups is 2. The maximum absolute atomic E-state index is 12.8. The van der Waals surface area contributed by atoms with E-state index in [0.717, 1.165) is 24.2 Å². The minimum Gasteiger partial charge on any atom is -0.310 e. The van der Waals surface area contributed by atoms with Crippen molar-refractivity contribution in [1.82, 2.24) is 0 Å². The van der Waals surface area contributed by atoms with Crippen LogP contribution < -0.4 is 9.80 Å². The van der Waals surface area contributed by atoms with Crippen LogP contribution in [0.1, 0.15) is 19.3 Å². The van der Waals surface area contributed by atoms with Gasteiger partial charge in [0, 0.05) is 17.3 Å². The lowest BCUT2D eigenvalue weighted by molar-refractivity contribution is -0.125. The molecule has 1 aliphatic carbocycles. The van der Waals surface area contributed by atoms with Crippen LogP contribution in [0.5, 0.6) is 0 Å². The molecule has 0 radical (unpaired) electrons. The van der Waals surface area contributed by atoms with Crippen molar-refractivity contribution in [3.63, 3.8) is 0 Å². The summed E-state index contributed by atoms with van der Waals surface area (Å²) in [6.07, 6.45) is 2.15. The molecule has 24 heavy (non-hydrogen) atoms. The van der Waals surface area contributed by atoms with E-state index in [1.54, 1.807) is 21.9 Å². The van der Waals surface area contributed by atoms with E-state index in [1.165, 1.54) is 0 Å². The van der Waals surface area contributed by atoms with Crippen LogP contribution in [0.2, 0.25) is 5.02 Å². The van der Waals surface area contributed by atoms with E-state index in [-0.39, 0.29) is 18.2 Å². The van der Waals surface area contributed by atoms with Crippen molar-refractivity contribution >= 4 is 40.5 Å². The second kappa shape index (κ2) is 5.95. The summed E-state index contributed by atoms with van der Waals surface area (Å²) in [6.45, 7) is 0.670. The first-order valence-electron chi connectivity index (χ1n) is 8.11. The third-order valence-electron chi connectivity index (χ3n) is 4.47. The van der Waals surface area contributed by atoms with Gasteiger partial charge in [0.05, 0.1) is 11.4 Å². The lowest BCUT2D eigenvalue weighted by Gasteiger charge is -2.26. The average molecular weight is 341 g/mol. The zero-order valence-corrected chi connectivity index (χ0v) is 13.9. The first-order chi connectivity index (χ1) is 11.6. The van der Waals surface area contributed by atoms with Crippen LogP contribution in [0, 0.1) is 5.92 Å². The van der Waals surface area contributed by atoms with Crippen LogP contribution in [0.25, 0.3) is 0 Å². The number of rotatable bonds is 3. The fourth-order valence-corrected chi connectivity index (χ4v) is 3.26. The number of halogens is 1. The lowest BCUT2D eigenvalue weighted by Crippen LogP contribution is -2.33. The van der Waals surface area contributed by atoms with E-state index in [1.807, 2.05) is 36.4 Å². The molecule has 0 spiro atoms. The van der Waals surface area contributed by atoms with E-state index >= 15 is 0 Å². The van der Waals surface area contributed by atoms with Crippen LogP contribution in [-0.2, 0) is 9.59 Å². The number of nitrogens with zero attached hydrogens (tertiary/aromatic N) is 2. The number of anilines is 3. The van der Waals surface area contributed by atoms with Crippen LogP contribution in [0.3, 0.4) is 0 Å². The average Bonchev–Trinajstić information content (AvgIpc) is 3.39. The van der Waals surface area contributed by atoms with Gasteiger partial charge in [-0.2, -0.15) is 0 Å². The number of fused-ring (bicyclic) bond motifs is 1. The fourth-order valence-electron chi connectivity index (χ4n) is 3.10. The Balaban J connectivity index is 1.86. The zero-order chi connectivity index (χ0) is 16.7. The molecule has 4 rings (SSSR count). The summed E-state index contributed by atoms with van der Waals surface area (Å²) in [5.74, 6) is 0.165. The quantitative estimate of drug-likeness (QED) is 0.787. The van der Waals surface area contributed by atoms with Crippen molar-refractivity contribution in [2.24, 2.45) is 5.92 Å². The normalized spacial score (nSPS) is 17.7. The van der Waals surface area contributed by atoms with E-state index < -0.39 is 0 Å². The Morgan fingerprint density at radius 3 is 2.42 bits per heavy atom. The molecule has 2 aromatic carbocycles. The number of carbonyl (C=O) groups excluding carboxylic acids is 2. The molecule has 0 bridgehead atoms. The second-order valence-corrected chi connectivity index (χ2v) is 6.76. The van der Waals surface area contributed by atoms with Crippen LogP contribution >= 0.6 is 11.6 Å². The molecule has 5 heteroatoms. The Hall–Kier alpha value is -2.33. The molecule has 0 N–H and O–H groups in total. The third kappa shape index (κ3) is 2.78. The van der Waals surface area contributed by atoms with Crippen molar-refractivity contribution in [1.29, 1.82) is 0 Å². The summed E-state index contributed by atoms with van der Waals surface area (Å²) >= 11 is 6.19. The molecule has 1 aliphatic heterocycles. The summed E-state index contributed by atoms with van der Waals surface area (Å²) in [5, 5.41) is 0.545. The predicted molar refractivity (Wildman–Crippen MR) is 94.7 cm³/mol. The van der Waals surface area contributed by atoms with E-state index in [0.29, 0.717) is 23.2 Å². The van der Waals surface area contributed by atoms with Crippen molar-refractivity contribution in [3.8, 4) is 0 Å². The van der Waals surface area contributed by atoms with E-state index in [2.05, 4.69) is 0 Å². The second-order valence-electron chi connectivity index (χ2n) is 6.32. The van der Waals surface area contributed by atoms with Gasteiger partial charge in [0.2, 0.25) is 11.8 Å². The molecule has 1 fully saturated rings. The highest BCUT2D eigenvalue weighted by molar-refractivity contribution is 6.31. The molecule has 2 amide bonds. The minimum absolute atomic E-state index is 0.131. The third-order valence-corrected chi connectivity index (χ3v) is 4.71. The maximum atomic E-state index is 12.8. The Labute approximate surface area is 145 Å². The van der Waals surface area contributed by atoms with Gasteiger partial charge in [0.25, 0.3) is 0 Å². The monoisotopic (exact) mass is 340 g/mol. The van der Waals surface area contributed by atoms with E-state index in [4.69, 9.17) is 11.6 Å². The van der Waals surface area contributed by atoms with Gasteiger partial charge in [-0.05, 0) is 49.1 Å². The predicted octanol–water partition coefficient (Wildman–Crippen LogP) is 4.15. The van der Waals surface area contributed by atoms with Gasteiger partial charge < -0.3 is 4.90 Å². The first-order valence-corrected chi connectivity index (χ1v) is 8.49. The molecule has 1 saturated carbocycles. The molecule has 0 aromatic heterocycles. The molecule has 0 atom stereocenters. The number of para-hydroxylation sites is 1. The van der Waals surface area contributed by atoms with Crippen LogP contribution in [0.4, 0.5) is 17.1 Å². The highest BCUT2D eigenvalue weighted by Gasteiger charge is 2.35. The summed E-state index contributed by atoms with van der Waals surface area (Å²) in [4.78, 5) is 28.8. The Morgan fingerprint density at radius 2 is 1.71 bits per heavy atom. The van der Waals surface area contributed by atoms with Gasteiger partial charge in [0.1, 0.15) is 6.42 Å². The topological polar surface area (TPSA) is 40.6 Å². The molecule has 0 saturated heterocycles. The lowest BCUT2D eigenvalue weighted by atomic mass is 10.2. The van der Waals surface area contributed by atoms with Crippen molar-refractivity contribution in [2.45, 2.75) is 19.3 Å². The Morgan fingerprint density at radius 1 is 0.958 bits per heavy atom. The molecule has 0 unspecified atom stereocenters. The van der Waals surface area contributed by atoms with Crippen molar-refractivity contribution in [3.05, 3.63) is 53.6 Å². The van der Waals surface area contributed by atoms with E-state index in [9.17, 15) is 9.59 Å². The van der Waals surface area contributed by atoms with Gasteiger partial charge in [-0.15, -0.1) is 0 Å². The highest BCUT2D eigenvalue weighted by atomic mass is 35.5. The van der Waals surface area contributed by atoms with Gasteiger partial charge in [0.15, 0.2) is 0 Å². The Kier molecular flexibility index (Phi) is 3.77. The summed E-state index contributed by atoms with van der Waals surface area (Å²) in [7, 11) is 0. The largest absolute Gasteiger partial charge is 0.310 e. The standard InChI is InChI=1S/C19H17ClN2O2/c20-14-8-9-16-17(10-14)22(15-4-2-1-3-5-15)19(24)11-18(23)21(16)12-13-6-7-13/h1-5,8-10,13H,6-7,11-12H2. The number of hydrogen-bond acceptors (Lipinski definition) is 2. The van der Waals surface area contributed by atoms with Gasteiger partial charge in [-0.1, -0.05) is 29.8 Å². The SMILES string of the molecule is O=C1CC(=O)N(c2ccccc2)c2cc(Cl)ccc2N1CC1CC1. The van der Waals surface area contributed by atoms with Crippen LogP contribution in [0.15, 0.2) is 48.5 Å². The molecule has 122 valence electrons. The molecule has 2 aliphatic rings.